The van der Waals surface area contributed by atoms with E-state index in [2.05, 4.69) is 18.7 Å². The fraction of sp³-hybridized carbons (Fsp3) is 0.379. The van der Waals surface area contributed by atoms with E-state index in [-0.39, 0.29) is 11.8 Å². The Morgan fingerprint density at radius 2 is 1.75 bits per heavy atom. The van der Waals surface area contributed by atoms with Gasteiger partial charge in [0.25, 0.3) is 5.91 Å². The molecule has 0 saturated carbocycles. The maximum atomic E-state index is 13.3. The number of amides is 1. The molecular formula is C29H34N6O. The van der Waals surface area contributed by atoms with Crippen LogP contribution in [0.2, 0.25) is 0 Å². The van der Waals surface area contributed by atoms with Crippen molar-refractivity contribution in [2.45, 2.75) is 46.0 Å². The summed E-state index contributed by atoms with van der Waals surface area (Å²) in [5, 5.41) is 5.66. The highest BCUT2D eigenvalue weighted by atomic mass is 16.2. The first-order valence-electron chi connectivity index (χ1n) is 13.0. The lowest BCUT2D eigenvalue weighted by atomic mass is 10.1. The Balaban J connectivity index is 1.49. The summed E-state index contributed by atoms with van der Waals surface area (Å²) < 4.78 is 1.91. The summed E-state index contributed by atoms with van der Waals surface area (Å²) in [6.07, 6.45) is 4.88. The molecule has 1 fully saturated rings. The van der Waals surface area contributed by atoms with Crippen LogP contribution in [0.15, 0.2) is 60.8 Å². The van der Waals surface area contributed by atoms with Crippen molar-refractivity contribution in [2.75, 3.05) is 31.1 Å². The summed E-state index contributed by atoms with van der Waals surface area (Å²) in [5.41, 5.74) is 3.62. The van der Waals surface area contributed by atoms with Gasteiger partial charge in [-0.2, -0.15) is 5.10 Å². The molecule has 1 aliphatic heterocycles. The lowest BCUT2D eigenvalue weighted by Gasteiger charge is -2.24. The number of hydrogen-bond acceptors (Lipinski definition) is 5. The number of carbonyl (C=O) groups excluding carboxylic acids is 1. The summed E-state index contributed by atoms with van der Waals surface area (Å²) >= 11 is 0. The second-order valence-electron chi connectivity index (χ2n) is 9.67. The van der Waals surface area contributed by atoms with Gasteiger partial charge in [0.1, 0.15) is 11.6 Å². The number of fused-ring (bicyclic) bond motifs is 1. The number of anilines is 1. The third-order valence-corrected chi connectivity index (χ3v) is 7.05. The van der Waals surface area contributed by atoms with Crippen LogP contribution < -0.4 is 4.90 Å². The molecule has 1 saturated heterocycles. The van der Waals surface area contributed by atoms with Crippen molar-refractivity contribution in [1.82, 2.24) is 24.6 Å². The van der Waals surface area contributed by atoms with Crippen LogP contribution in [0.3, 0.4) is 0 Å². The fourth-order valence-electron chi connectivity index (χ4n) is 5.01. The van der Waals surface area contributed by atoms with Crippen molar-refractivity contribution in [3.05, 3.63) is 77.7 Å². The van der Waals surface area contributed by atoms with Crippen LogP contribution in [-0.4, -0.2) is 56.7 Å². The van der Waals surface area contributed by atoms with Gasteiger partial charge in [0, 0.05) is 37.7 Å². The molecule has 7 heteroatoms. The molecule has 0 N–H and O–H groups in total. The van der Waals surface area contributed by atoms with Gasteiger partial charge < -0.3 is 9.80 Å². The Kier molecular flexibility index (Phi) is 6.98. The fourth-order valence-corrected chi connectivity index (χ4v) is 5.01. The van der Waals surface area contributed by atoms with E-state index < -0.39 is 0 Å². The van der Waals surface area contributed by atoms with Gasteiger partial charge in [0.15, 0.2) is 5.65 Å². The average Bonchev–Trinajstić information content (AvgIpc) is 3.18. The summed E-state index contributed by atoms with van der Waals surface area (Å²) in [4.78, 5) is 27.7. The van der Waals surface area contributed by atoms with Gasteiger partial charge >= 0.3 is 0 Å². The first kappa shape index (κ1) is 24.0. The molecular weight excluding hydrogens is 448 g/mol. The first-order valence-corrected chi connectivity index (χ1v) is 13.0. The Bertz CT molecular complexity index is 1350. The van der Waals surface area contributed by atoms with Crippen molar-refractivity contribution < 1.29 is 4.79 Å². The SMILES string of the molecule is CCCC(C)c1nc(N2CCCN(C(=O)c3ccccc3C)CC2)c2cnn(-c3ccccc3)c2n1. The zero-order chi connectivity index (χ0) is 25.1. The smallest absolute Gasteiger partial charge is 0.254 e. The van der Waals surface area contributed by atoms with Gasteiger partial charge in [-0.05, 0) is 43.5 Å². The van der Waals surface area contributed by atoms with Gasteiger partial charge in [0.2, 0.25) is 0 Å². The summed E-state index contributed by atoms with van der Waals surface area (Å²) in [5.74, 6) is 2.14. The largest absolute Gasteiger partial charge is 0.354 e. The van der Waals surface area contributed by atoms with E-state index in [0.29, 0.717) is 6.54 Å². The summed E-state index contributed by atoms with van der Waals surface area (Å²) in [6.45, 7) is 9.34. The molecule has 186 valence electrons. The van der Waals surface area contributed by atoms with Crippen LogP contribution in [-0.2, 0) is 0 Å². The predicted molar refractivity (Wildman–Crippen MR) is 144 cm³/mol. The highest BCUT2D eigenvalue weighted by Crippen LogP contribution is 2.30. The van der Waals surface area contributed by atoms with Crippen LogP contribution >= 0.6 is 0 Å². The molecule has 2 aromatic heterocycles. The third-order valence-electron chi connectivity index (χ3n) is 7.05. The van der Waals surface area contributed by atoms with Gasteiger partial charge in [-0.25, -0.2) is 14.6 Å². The molecule has 1 atom stereocenters. The minimum absolute atomic E-state index is 0.108. The van der Waals surface area contributed by atoms with Gasteiger partial charge in [0.05, 0.1) is 17.3 Å². The molecule has 2 aromatic carbocycles. The molecule has 0 bridgehead atoms. The molecule has 0 radical (unpaired) electrons. The Hall–Kier alpha value is -3.74. The average molecular weight is 483 g/mol. The van der Waals surface area contributed by atoms with Crippen LogP contribution in [0, 0.1) is 6.92 Å². The quantitative estimate of drug-likeness (QED) is 0.369. The number of aryl methyl sites for hydroxylation is 1. The van der Waals surface area contributed by atoms with E-state index in [0.717, 1.165) is 78.4 Å². The molecule has 36 heavy (non-hydrogen) atoms. The van der Waals surface area contributed by atoms with E-state index in [1.54, 1.807) is 0 Å². The van der Waals surface area contributed by atoms with Crippen LogP contribution in [0.5, 0.6) is 0 Å². The number of hydrogen-bond donors (Lipinski definition) is 0. The van der Waals surface area contributed by atoms with Crippen molar-refractivity contribution in [3.63, 3.8) is 0 Å². The monoisotopic (exact) mass is 482 g/mol. The van der Waals surface area contributed by atoms with E-state index in [1.165, 1.54) is 0 Å². The standard InChI is InChI=1S/C29H34N6O/c1-4-11-22(3)26-31-27(25-20-30-35(28(25)32-26)23-13-6-5-7-14-23)33-16-10-17-34(19-18-33)29(36)24-15-9-8-12-21(24)2/h5-9,12-15,20,22H,4,10-11,16-19H2,1-3H3. The molecule has 0 aliphatic carbocycles. The van der Waals surface area contributed by atoms with E-state index in [4.69, 9.17) is 15.1 Å². The van der Waals surface area contributed by atoms with Crippen LogP contribution in [0.1, 0.15) is 60.8 Å². The zero-order valence-corrected chi connectivity index (χ0v) is 21.4. The van der Waals surface area contributed by atoms with E-state index in [1.807, 2.05) is 77.3 Å². The highest BCUT2D eigenvalue weighted by molar-refractivity contribution is 5.95. The van der Waals surface area contributed by atoms with Gasteiger partial charge in [-0.15, -0.1) is 0 Å². The molecule has 7 nitrogen and oxygen atoms in total. The number of para-hydroxylation sites is 1. The van der Waals surface area contributed by atoms with Gasteiger partial charge in [-0.3, -0.25) is 4.79 Å². The first-order chi connectivity index (χ1) is 17.6. The second-order valence-corrected chi connectivity index (χ2v) is 9.67. The van der Waals surface area contributed by atoms with Crippen molar-refractivity contribution in [2.24, 2.45) is 0 Å². The highest BCUT2D eigenvalue weighted by Gasteiger charge is 2.25. The predicted octanol–water partition coefficient (Wildman–Crippen LogP) is 5.38. The number of carbonyl (C=O) groups is 1. The Morgan fingerprint density at radius 1 is 0.972 bits per heavy atom. The number of rotatable bonds is 6. The molecule has 0 spiro atoms. The topological polar surface area (TPSA) is 67.2 Å². The maximum absolute atomic E-state index is 13.3. The lowest BCUT2D eigenvalue weighted by Crippen LogP contribution is -2.35. The van der Waals surface area contributed by atoms with Crippen LogP contribution in [0.4, 0.5) is 5.82 Å². The molecule has 1 unspecified atom stereocenters. The Labute approximate surface area is 212 Å². The Morgan fingerprint density at radius 3 is 2.53 bits per heavy atom. The van der Waals surface area contributed by atoms with E-state index >= 15 is 0 Å². The molecule has 1 amide bonds. The molecule has 5 rings (SSSR count). The number of aromatic nitrogens is 4. The van der Waals surface area contributed by atoms with Crippen molar-refractivity contribution in [3.8, 4) is 5.69 Å². The molecule has 3 heterocycles. The van der Waals surface area contributed by atoms with E-state index in [9.17, 15) is 4.79 Å². The van der Waals surface area contributed by atoms with Crippen molar-refractivity contribution in [1.29, 1.82) is 0 Å². The van der Waals surface area contributed by atoms with Crippen LogP contribution in [0.25, 0.3) is 16.7 Å². The maximum Gasteiger partial charge on any atom is 0.254 e. The van der Waals surface area contributed by atoms with Gasteiger partial charge in [-0.1, -0.05) is 56.7 Å². The summed E-state index contributed by atoms with van der Waals surface area (Å²) in [6, 6.07) is 18.0. The third kappa shape index (κ3) is 4.70. The zero-order valence-electron chi connectivity index (χ0n) is 21.4. The molecule has 4 aromatic rings. The lowest BCUT2D eigenvalue weighted by molar-refractivity contribution is 0.0766. The van der Waals surface area contributed by atoms with Crippen molar-refractivity contribution >= 4 is 22.8 Å². The minimum atomic E-state index is 0.108. The minimum Gasteiger partial charge on any atom is -0.354 e. The molecule has 1 aliphatic rings. The normalized spacial score (nSPS) is 15.2. The number of nitrogens with zero attached hydrogens (tertiary/aromatic N) is 6. The number of benzene rings is 2. The second kappa shape index (κ2) is 10.5. The summed E-state index contributed by atoms with van der Waals surface area (Å²) in [7, 11) is 0.